The monoisotopic (exact) mass is 385 g/mol. The van der Waals surface area contributed by atoms with Crippen molar-refractivity contribution in [3.8, 4) is 5.75 Å². The molecule has 0 aliphatic rings. The highest BCUT2D eigenvalue weighted by molar-refractivity contribution is 14.1. The summed E-state index contributed by atoms with van der Waals surface area (Å²) in [5.41, 5.74) is 1.94. The summed E-state index contributed by atoms with van der Waals surface area (Å²) in [6, 6.07) is 12.6. The van der Waals surface area contributed by atoms with Gasteiger partial charge < -0.3 is 10.1 Å². The fraction of sp³-hybridized carbons (Fsp3) is 0.250. The van der Waals surface area contributed by atoms with Gasteiger partial charge >= 0.3 is 0 Å². The van der Waals surface area contributed by atoms with Crippen molar-refractivity contribution < 1.29 is 9.13 Å². The van der Waals surface area contributed by atoms with Crippen molar-refractivity contribution in [2.75, 3.05) is 13.7 Å². The molecule has 0 amide bonds. The summed E-state index contributed by atoms with van der Waals surface area (Å²) in [6.45, 7) is 2.82. The summed E-state index contributed by atoms with van der Waals surface area (Å²) < 4.78 is 20.1. The molecule has 0 saturated carbocycles. The number of rotatable bonds is 5. The van der Waals surface area contributed by atoms with E-state index < -0.39 is 0 Å². The Morgan fingerprint density at radius 3 is 2.60 bits per heavy atom. The summed E-state index contributed by atoms with van der Waals surface area (Å²) >= 11 is 2.30. The van der Waals surface area contributed by atoms with Gasteiger partial charge in [-0.05, 0) is 59.0 Å². The standard InChI is InChI=1S/C16H17FINO/c1-3-19-16(12-6-4-5-7-14(12)18)13-10-11(17)8-9-15(13)20-2/h4-10,16,19H,3H2,1-2H3. The van der Waals surface area contributed by atoms with E-state index in [0.29, 0.717) is 5.75 Å². The Kier molecular flexibility index (Phi) is 5.37. The number of halogens is 2. The van der Waals surface area contributed by atoms with Crippen molar-refractivity contribution in [1.29, 1.82) is 0 Å². The van der Waals surface area contributed by atoms with Crippen LogP contribution in [-0.4, -0.2) is 13.7 Å². The predicted molar refractivity (Wildman–Crippen MR) is 87.6 cm³/mol. The Bertz CT molecular complexity index is 588. The van der Waals surface area contributed by atoms with Gasteiger partial charge in [-0.3, -0.25) is 0 Å². The van der Waals surface area contributed by atoms with Gasteiger partial charge in [-0.15, -0.1) is 0 Å². The number of hydrogen-bond acceptors (Lipinski definition) is 2. The fourth-order valence-electron chi connectivity index (χ4n) is 2.23. The highest BCUT2D eigenvalue weighted by Gasteiger charge is 2.20. The van der Waals surface area contributed by atoms with E-state index in [4.69, 9.17) is 4.74 Å². The van der Waals surface area contributed by atoms with Crippen molar-refractivity contribution >= 4 is 22.6 Å². The second-order valence-electron chi connectivity index (χ2n) is 4.40. The van der Waals surface area contributed by atoms with Crippen molar-refractivity contribution in [3.63, 3.8) is 0 Å². The Morgan fingerprint density at radius 1 is 1.20 bits per heavy atom. The van der Waals surface area contributed by atoms with Gasteiger partial charge in [0.2, 0.25) is 0 Å². The maximum Gasteiger partial charge on any atom is 0.124 e. The molecule has 0 bridgehead atoms. The van der Waals surface area contributed by atoms with Crippen LogP contribution in [0.15, 0.2) is 42.5 Å². The third-order valence-corrected chi connectivity index (χ3v) is 4.11. The van der Waals surface area contributed by atoms with E-state index >= 15 is 0 Å². The molecular formula is C16H17FINO. The van der Waals surface area contributed by atoms with E-state index in [-0.39, 0.29) is 11.9 Å². The van der Waals surface area contributed by atoms with Gasteiger partial charge in [0.1, 0.15) is 11.6 Å². The molecule has 0 spiro atoms. The van der Waals surface area contributed by atoms with Crippen LogP contribution in [0.1, 0.15) is 24.1 Å². The molecule has 0 aromatic heterocycles. The second-order valence-corrected chi connectivity index (χ2v) is 5.56. The number of benzene rings is 2. The largest absolute Gasteiger partial charge is 0.496 e. The van der Waals surface area contributed by atoms with Crippen molar-refractivity contribution in [2.24, 2.45) is 0 Å². The minimum Gasteiger partial charge on any atom is -0.496 e. The van der Waals surface area contributed by atoms with Crippen molar-refractivity contribution in [2.45, 2.75) is 13.0 Å². The summed E-state index contributed by atoms with van der Waals surface area (Å²) in [7, 11) is 1.61. The molecule has 0 saturated heterocycles. The molecule has 1 atom stereocenters. The number of nitrogens with one attached hydrogen (secondary N) is 1. The maximum absolute atomic E-state index is 13.6. The van der Waals surface area contributed by atoms with Crippen LogP contribution in [0, 0.1) is 9.39 Å². The van der Waals surface area contributed by atoms with Crippen LogP contribution in [0.3, 0.4) is 0 Å². The molecule has 2 aromatic rings. The van der Waals surface area contributed by atoms with Crippen LogP contribution < -0.4 is 10.1 Å². The predicted octanol–water partition coefficient (Wildman–Crippen LogP) is 4.14. The van der Waals surface area contributed by atoms with Gasteiger partial charge in [-0.2, -0.15) is 0 Å². The summed E-state index contributed by atoms with van der Waals surface area (Å²) in [4.78, 5) is 0. The molecule has 1 unspecified atom stereocenters. The lowest BCUT2D eigenvalue weighted by Gasteiger charge is -2.22. The van der Waals surface area contributed by atoms with Gasteiger partial charge in [-0.25, -0.2) is 4.39 Å². The minimum absolute atomic E-state index is 0.0845. The first-order valence-corrected chi connectivity index (χ1v) is 7.56. The number of ether oxygens (including phenoxy) is 1. The normalized spacial score (nSPS) is 12.2. The van der Waals surface area contributed by atoms with Gasteiger partial charge in [0.25, 0.3) is 0 Å². The fourth-order valence-corrected chi connectivity index (χ4v) is 2.93. The van der Waals surface area contributed by atoms with Crippen LogP contribution >= 0.6 is 22.6 Å². The van der Waals surface area contributed by atoms with Gasteiger partial charge in [0.15, 0.2) is 0 Å². The number of methoxy groups -OCH3 is 1. The van der Waals surface area contributed by atoms with E-state index in [1.807, 2.05) is 25.1 Å². The van der Waals surface area contributed by atoms with E-state index in [0.717, 1.165) is 21.2 Å². The van der Waals surface area contributed by atoms with Crippen LogP contribution in [0.4, 0.5) is 4.39 Å². The summed E-state index contributed by atoms with van der Waals surface area (Å²) in [5, 5.41) is 3.41. The quantitative estimate of drug-likeness (QED) is 0.782. The molecule has 2 rings (SSSR count). The van der Waals surface area contributed by atoms with Crippen molar-refractivity contribution in [3.05, 3.63) is 63.0 Å². The molecule has 0 radical (unpaired) electrons. The molecule has 0 fully saturated rings. The van der Waals surface area contributed by atoms with E-state index in [1.54, 1.807) is 13.2 Å². The second kappa shape index (κ2) is 7.04. The Hall–Kier alpha value is -1.14. The van der Waals surface area contributed by atoms with Crippen LogP contribution in [0.5, 0.6) is 5.75 Å². The lowest BCUT2D eigenvalue weighted by atomic mass is 9.97. The number of hydrogen-bond donors (Lipinski definition) is 1. The molecule has 4 heteroatoms. The molecule has 0 aliphatic heterocycles. The van der Waals surface area contributed by atoms with Crippen LogP contribution in [-0.2, 0) is 0 Å². The molecule has 2 aromatic carbocycles. The zero-order valence-corrected chi connectivity index (χ0v) is 13.6. The first-order chi connectivity index (χ1) is 9.67. The lowest BCUT2D eigenvalue weighted by Crippen LogP contribution is -2.23. The van der Waals surface area contributed by atoms with Crippen LogP contribution in [0.2, 0.25) is 0 Å². The summed E-state index contributed by atoms with van der Waals surface area (Å²) in [6.07, 6.45) is 0. The molecule has 0 aliphatic carbocycles. The SMILES string of the molecule is CCNC(c1ccccc1I)c1cc(F)ccc1OC. The highest BCUT2D eigenvalue weighted by Crippen LogP contribution is 2.32. The molecule has 20 heavy (non-hydrogen) atoms. The molecular weight excluding hydrogens is 368 g/mol. The first kappa shape index (κ1) is 15.3. The van der Waals surface area contributed by atoms with Crippen molar-refractivity contribution in [1.82, 2.24) is 5.32 Å². The average Bonchev–Trinajstić information content (AvgIpc) is 2.46. The smallest absolute Gasteiger partial charge is 0.124 e. The van der Waals surface area contributed by atoms with Gasteiger partial charge in [0, 0.05) is 9.13 Å². The van der Waals surface area contributed by atoms with E-state index in [9.17, 15) is 4.39 Å². The Labute approximate surface area is 132 Å². The first-order valence-electron chi connectivity index (χ1n) is 6.48. The van der Waals surface area contributed by atoms with Gasteiger partial charge in [-0.1, -0.05) is 25.1 Å². The zero-order chi connectivity index (χ0) is 14.5. The molecule has 0 heterocycles. The minimum atomic E-state index is -0.255. The van der Waals surface area contributed by atoms with Gasteiger partial charge in [0.05, 0.1) is 13.2 Å². The average molecular weight is 385 g/mol. The zero-order valence-electron chi connectivity index (χ0n) is 11.5. The third-order valence-electron chi connectivity index (χ3n) is 3.13. The third kappa shape index (κ3) is 3.30. The molecule has 2 nitrogen and oxygen atoms in total. The van der Waals surface area contributed by atoms with E-state index in [1.165, 1.54) is 12.1 Å². The summed E-state index contributed by atoms with van der Waals surface area (Å²) in [5.74, 6) is 0.437. The lowest BCUT2D eigenvalue weighted by molar-refractivity contribution is 0.402. The molecule has 1 N–H and O–H groups in total. The van der Waals surface area contributed by atoms with Crippen LogP contribution in [0.25, 0.3) is 0 Å². The highest BCUT2D eigenvalue weighted by atomic mass is 127. The Balaban J connectivity index is 2.54. The van der Waals surface area contributed by atoms with E-state index in [2.05, 4.69) is 34.0 Å². The topological polar surface area (TPSA) is 21.3 Å². The Morgan fingerprint density at radius 2 is 1.95 bits per heavy atom. The maximum atomic E-state index is 13.6. The molecule has 106 valence electrons.